The summed E-state index contributed by atoms with van der Waals surface area (Å²) in [5, 5.41) is 8.77. The van der Waals surface area contributed by atoms with Gasteiger partial charge in [0, 0.05) is 31.4 Å². The number of carbonyl (C=O) groups is 2. The quantitative estimate of drug-likeness (QED) is 0.658. The van der Waals surface area contributed by atoms with Crippen molar-refractivity contribution >= 4 is 34.9 Å². The van der Waals surface area contributed by atoms with E-state index in [9.17, 15) is 9.59 Å². The van der Waals surface area contributed by atoms with Gasteiger partial charge in [-0.1, -0.05) is 0 Å². The molecule has 3 saturated heterocycles. The van der Waals surface area contributed by atoms with E-state index < -0.39 is 0 Å². The minimum atomic E-state index is -0.374. The number of nitrogens with one attached hydrogen (secondary N) is 3. The van der Waals surface area contributed by atoms with Crippen LogP contribution >= 0.6 is 11.8 Å². The molecule has 0 saturated carbocycles. The Balaban J connectivity index is 1.38. The Hall–Kier alpha value is -1.97. The van der Waals surface area contributed by atoms with Gasteiger partial charge in [-0.25, -0.2) is 9.97 Å². The predicted molar refractivity (Wildman–Crippen MR) is 101 cm³/mol. The number of amides is 2. The second-order valence-electron chi connectivity index (χ2n) is 6.84. The summed E-state index contributed by atoms with van der Waals surface area (Å²) in [4.78, 5) is 34.5. The highest BCUT2D eigenvalue weighted by atomic mass is 32.2. The van der Waals surface area contributed by atoms with E-state index in [0.29, 0.717) is 28.6 Å². The maximum absolute atomic E-state index is 11.7. The lowest BCUT2D eigenvalue weighted by Crippen LogP contribution is -2.53. The maximum Gasteiger partial charge on any atom is 0.290 e. The van der Waals surface area contributed by atoms with Crippen LogP contribution in [-0.4, -0.2) is 64.3 Å². The first-order valence-electron chi connectivity index (χ1n) is 8.96. The highest BCUT2D eigenvalue weighted by molar-refractivity contribution is 8.18. The standard InChI is InChI=1S/C17H22N6O2S/c24-15-14(26-17(25)22-15)8-11-3-6-19-16(20-11)21-13-2-1-7-23(10-13)9-12-4-5-18-12/h3,6,8,12-13,18H,1-2,4-5,7,9-10H2,(H,19,20,21)(H,22,24,25)/t12?,13-/m0/s1. The van der Waals surface area contributed by atoms with Crippen LogP contribution in [0.2, 0.25) is 0 Å². The van der Waals surface area contributed by atoms with Crippen molar-refractivity contribution in [3.8, 4) is 0 Å². The van der Waals surface area contributed by atoms with Crippen LogP contribution in [0.25, 0.3) is 6.08 Å². The molecule has 2 atom stereocenters. The van der Waals surface area contributed by atoms with Gasteiger partial charge in [-0.3, -0.25) is 19.8 Å². The van der Waals surface area contributed by atoms with Crippen LogP contribution in [0.3, 0.4) is 0 Å². The highest BCUT2D eigenvalue weighted by Gasteiger charge is 2.26. The molecule has 0 aliphatic carbocycles. The fourth-order valence-electron chi connectivity index (χ4n) is 3.42. The number of likely N-dealkylation sites (tertiary alicyclic amines) is 1. The summed E-state index contributed by atoms with van der Waals surface area (Å²) in [6.45, 7) is 4.37. The average molecular weight is 374 g/mol. The summed E-state index contributed by atoms with van der Waals surface area (Å²) in [7, 11) is 0. The number of carbonyl (C=O) groups excluding carboxylic acids is 2. The van der Waals surface area contributed by atoms with E-state index in [0.717, 1.165) is 50.8 Å². The van der Waals surface area contributed by atoms with E-state index in [1.807, 2.05) is 0 Å². The summed E-state index contributed by atoms with van der Waals surface area (Å²) in [5.41, 5.74) is 0.612. The number of anilines is 1. The number of imide groups is 1. The second-order valence-corrected chi connectivity index (χ2v) is 7.85. The third kappa shape index (κ3) is 4.22. The number of aromatic nitrogens is 2. The molecule has 2 amide bonds. The maximum atomic E-state index is 11.7. The van der Waals surface area contributed by atoms with Crippen LogP contribution in [0.5, 0.6) is 0 Å². The number of rotatable bonds is 5. The van der Waals surface area contributed by atoms with E-state index >= 15 is 0 Å². The SMILES string of the molecule is O=C1NC(=O)C(=Cc2ccnc(N[C@H]3CCCN(CC4CCN4)C3)n2)S1. The Bertz CT molecular complexity index is 736. The van der Waals surface area contributed by atoms with E-state index in [4.69, 9.17) is 0 Å². The van der Waals surface area contributed by atoms with Crippen molar-refractivity contribution in [1.82, 2.24) is 25.5 Å². The number of hydrogen-bond donors (Lipinski definition) is 3. The zero-order chi connectivity index (χ0) is 17.9. The highest BCUT2D eigenvalue weighted by Crippen LogP contribution is 2.25. The molecule has 3 aliphatic heterocycles. The van der Waals surface area contributed by atoms with Crippen LogP contribution < -0.4 is 16.0 Å². The Labute approximate surface area is 156 Å². The summed E-state index contributed by atoms with van der Waals surface area (Å²) < 4.78 is 0. The van der Waals surface area contributed by atoms with Crippen molar-refractivity contribution < 1.29 is 9.59 Å². The van der Waals surface area contributed by atoms with Gasteiger partial charge >= 0.3 is 0 Å². The van der Waals surface area contributed by atoms with Gasteiger partial charge in [0.15, 0.2) is 0 Å². The average Bonchev–Trinajstić information content (AvgIpc) is 2.89. The number of piperidine rings is 1. The molecular formula is C17H22N6O2S. The van der Waals surface area contributed by atoms with Gasteiger partial charge in [0.2, 0.25) is 5.95 Å². The van der Waals surface area contributed by atoms with Gasteiger partial charge in [0.05, 0.1) is 10.6 Å². The molecule has 3 N–H and O–H groups in total. The third-order valence-electron chi connectivity index (χ3n) is 4.84. The minimum absolute atomic E-state index is 0.317. The fraction of sp³-hybridized carbons (Fsp3) is 0.529. The molecule has 4 heterocycles. The smallest absolute Gasteiger partial charge is 0.290 e. The van der Waals surface area contributed by atoms with Crippen molar-refractivity contribution in [2.75, 3.05) is 31.5 Å². The van der Waals surface area contributed by atoms with Crippen LogP contribution in [0, 0.1) is 0 Å². The summed E-state index contributed by atoms with van der Waals surface area (Å²) in [5.74, 6) is 0.184. The normalized spacial score (nSPS) is 28.1. The molecule has 0 aromatic carbocycles. The molecule has 0 spiro atoms. The van der Waals surface area contributed by atoms with Crippen molar-refractivity contribution in [1.29, 1.82) is 0 Å². The molecule has 0 radical (unpaired) electrons. The Morgan fingerprint density at radius 2 is 2.27 bits per heavy atom. The zero-order valence-electron chi connectivity index (χ0n) is 14.4. The first-order chi connectivity index (χ1) is 12.7. The van der Waals surface area contributed by atoms with Gasteiger partial charge in [0.25, 0.3) is 11.1 Å². The molecule has 0 bridgehead atoms. The number of thioether (sulfide) groups is 1. The Morgan fingerprint density at radius 1 is 1.38 bits per heavy atom. The van der Waals surface area contributed by atoms with E-state index in [1.165, 1.54) is 6.42 Å². The molecule has 138 valence electrons. The van der Waals surface area contributed by atoms with Crippen LogP contribution in [-0.2, 0) is 4.79 Å². The number of nitrogens with zero attached hydrogens (tertiary/aromatic N) is 3. The zero-order valence-corrected chi connectivity index (χ0v) is 15.2. The lowest BCUT2D eigenvalue weighted by atomic mass is 10.0. The molecule has 1 aromatic heterocycles. The van der Waals surface area contributed by atoms with Crippen molar-refractivity contribution in [3.63, 3.8) is 0 Å². The minimum Gasteiger partial charge on any atom is -0.350 e. The molecule has 3 fully saturated rings. The lowest BCUT2D eigenvalue weighted by Gasteiger charge is -2.38. The van der Waals surface area contributed by atoms with Gasteiger partial charge in [-0.05, 0) is 56.3 Å². The van der Waals surface area contributed by atoms with Gasteiger partial charge < -0.3 is 10.6 Å². The van der Waals surface area contributed by atoms with Crippen molar-refractivity contribution in [2.45, 2.75) is 31.3 Å². The monoisotopic (exact) mass is 374 g/mol. The first kappa shape index (κ1) is 17.4. The third-order valence-corrected chi connectivity index (χ3v) is 5.65. The van der Waals surface area contributed by atoms with Gasteiger partial charge in [-0.2, -0.15) is 0 Å². The number of hydrogen-bond acceptors (Lipinski definition) is 8. The topological polar surface area (TPSA) is 99.2 Å². The van der Waals surface area contributed by atoms with Crippen LogP contribution in [0.1, 0.15) is 25.0 Å². The summed E-state index contributed by atoms with van der Waals surface area (Å²) in [6.07, 6.45) is 6.80. The predicted octanol–water partition coefficient (Wildman–Crippen LogP) is 1.04. The molecule has 8 nitrogen and oxygen atoms in total. The molecule has 9 heteroatoms. The lowest BCUT2D eigenvalue weighted by molar-refractivity contribution is -0.115. The summed E-state index contributed by atoms with van der Waals surface area (Å²) >= 11 is 0.892. The second kappa shape index (κ2) is 7.73. The Kier molecular flexibility index (Phi) is 5.18. The van der Waals surface area contributed by atoms with Crippen molar-refractivity contribution in [2.24, 2.45) is 0 Å². The van der Waals surface area contributed by atoms with E-state index in [1.54, 1.807) is 18.3 Å². The van der Waals surface area contributed by atoms with E-state index in [2.05, 4.69) is 30.8 Å². The first-order valence-corrected chi connectivity index (χ1v) is 9.77. The Morgan fingerprint density at radius 3 is 3.00 bits per heavy atom. The molecular weight excluding hydrogens is 352 g/mol. The summed E-state index contributed by atoms with van der Waals surface area (Å²) in [6, 6.07) is 2.68. The van der Waals surface area contributed by atoms with Crippen LogP contribution in [0.4, 0.5) is 10.7 Å². The molecule has 1 aromatic rings. The molecule has 3 aliphatic rings. The largest absolute Gasteiger partial charge is 0.350 e. The van der Waals surface area contributed by atoms with Gasteiger partial charge in [0.1, 0.15) is 0 Å². The molecule has 1 unspecified atom stereocenters. The van der Waals surface area contributed by atoms with E-state index in [-0.39, 0.29) is 11.1 Å². The molecule has 4 rings (SSSR count). The molecule has 26 heavy (non-hydrogen) atoms. The van der Waals surface area contributed by atoms with Crippen molar-refractivity contribution in [3.05, 3.63) is 22.9 Å². The van der Waals surface area contributed by atoms with Gasteiger partial charge in [-0.15, -0.1) is 0 Å². The fourth-order valence-corrected chi connectivity index (χ4v) is 4.08. The van der Waals surface area contributed by atoms with Crippen LogP contribution in [0.15, 0.2) is 17.2 Å².